The first-order valence-electron chi connectivity index (χ1n) is 7.37. The van der Waals surface area contributed by atoms with E-state index in [2.05, 4.69) is 39.8 Å². The van der Waals surface area contributed by atoms with Crippen molar-refractivity contribution in [3.8, 4) is 5.69 Å². The average Bonchev–Trinajstić information content (AvgIpc) is 3.26. The van der Waals surface area contributed by atoms with E-state index in [9.17, 15) is 4.79 Å². The predicted octanol–water partition coefficient (Wildman–Crippen LogP) is 2.08. The summed E-state index contributed by atoms with van der Waals surface area (Å²) < 4.78 is 3.31. The first-order chi connectivity index (χ1) is 11.2. The van der Waals surface area contributed by atoms with Gasteiger partial charge in [-0.3, -0.25) is 4.79 Å². The lowest BCUT2D eigenvalue weighted by molar-refractivity contribution is 0.102. The molecule has 2 aromatic heterocycles. The largest absolute Gasteiger partial charge is 0.307 e. The summed E-state index contributed by atoms with van der Waals surface area (Å²) in [4.78, 5) is 12.5. The maximum absolute atomic E-state index is 12.5. The number of hydrogen-bond acceptors (Lipinski definition) is 5. The molecule has 1 unspecified atom stereocenters. The van der Waals surface area contributed by atoms with Crippen LogP contribution in [0.25, 0.3) is 5.69 Å². The van der Waals surface area contributed by atoms with Crippen LogP contribution in [-0.2, 0) is 0 Å². The number of carbonyl (C=O) groups is 1. The molecule has 1 atom stereocenters. The minimum absolute atomic E-state index is 0.204. The van der Waals surface area contributed by atoms with Crippen LogP contribution in [0, 0.1) is 0 Å². The van der Waals surface area contributed by atoms with E-state index in [1.165, 1.54) is 11.0 Å². The maximum atomic E-state index is 12.5. The second kappa shape index (κ2) is 6.39. The third-order valence-electron chi connectivity index (χ3n) is 3.64. The number of aromatic nitrogens is 6. The van der Waals surface area contributed by atoms with E-state index in [0.29, 0.717) is 11.4 Å². The molecular weight excluding hydrogens is 294 g/mol. The Balaban J connectivity index is 1.82. The third-order valence-corrected chi connectivity index (χ3v) is 3.64. The minimum atomic E-state index is -0.204. The van der Waals surface area contributed by atoms with E-state index in [1.807, 2.05) is 10.7 Å². The molecule has 0 saturated heterocycles. The predicted molar refractivity (Wildman–Crippen MR) is 84.3 cm³/mol. The number of benzene rings is 1. The Bertz CT molecular complexity index is 794. The SMILES string of the molecule is CCC(C)n1nccc1NC(=O)c1cccc(-n2cnnn2)c1. The van der Waals surface area contributed by atoms with Crippen molar-refractivity contribution in [2.24, 2.45) is 0 Å². The van der Waals surface area contributed by atoms with Crippen LogP contribution >= 0.6 is 0 Å². The second-order valence-corrected chi connectivity index (χ2v) is 5.18. The van der Waals surface area contributed by atoms with E-state index in [0.717, 1.165) is 12.1 Å². The lowest BCUT2D eigenvalue weighted by Gasteiger charge is -2.14. The van der Waals surface area contributed by atoms with Crippen LogP contribution in [0.1, 0.15) is 36.7 Å². The van der Waals surface area contributed by atoms with Crippen molar-refractivity contribution in [2.45, 2.75) is 26.3 Å². The number of nitrogens with zero attached hydrogens (tertiary/aromatic N) is 6. The summed E-state index contributed by atoms with van der Waals surface area (Å²) in [5.41, 5.74) is 1.24. The smallest absolute Gasteiger partial charge is 0.256 e. The molecule has 2 heterocycles. The molecule has 23 heavy (non-hydrogen) atoms. The summed E-state index contributed by atoms with van der Waals surface area (Å²) in [5.74, 6) is 0.474. The molecule has 118 valence electrons. The average molecular weight is 311 g/mol. The zero-order valence-electron chi connectivity index (χ0n) is 12.9. The molecule has 0 aliphatic rings. The molecule has 3 rings (SSSR count). The zero-order chi connectivity index (χ0) is 16.2. The molecule has 1 aromatic carbocycles. The van der Waals surface area contributed by atoms with Gasteiger partial charge in [-0.1, -0.05) is 13.0 Å². The van der Waals surface area contributed by atoms with Gasteiger partial charge in [0.05, 0.1) is 17.9 Å². The van der Waals surface area contributed by atoms with Gasteiger partial charge in [0.1, 0.15) is 12.1 Å². The van der Waals surface area contributed by atoms with Gasteiger partial charge >= 0.3 is 0 Å². The van der Waals surface area contributed by atoms with E-state index in [-0.39, 0.29) is 11.9 Å². The Morgan fingerprint density at radius 3 is 2.96 bits per heavy atom. The van der Waals surface area contributed by atoms with Crippen molar-refractivity contribution in [3.05, 3.63) is 48.4 Å². The van der Waals surface area contributed by atoms with Gasteiger partial charge in [0.2, 0.25) is 0 Å². The van der Waals surface area contributed by atoms with Crippen molar-refractivity contribution >= 4 is 11.7 Å². The van der Waals surface area contributed by atoms with Crippen molar-refractivity contribution in [2.75, 3.05) is 5.32 Å². The van der Waals surface area contributed by atoms with E-state index < -0.39 is 0 Å². The lowest BCUT2D eigenvalue weighted by Crippen LogP contribution is -2.17. The Morgan fingerprint density at radius 2 is 2.22 bits per heavy atom. The summed E-state index contributed by atoms with van der Waals surface area (Å²) in [5, 5.41) is 18.2. The highest BCUT2D eigenvalue weighted by molar-refractivity contribution is 6.04. The number of hydrogen-bond donors (Lipinski definition) is 1. The number of rotatable bonds is 5. The molecule has 0 spiro atoms. The number of anilines is 1. The molecule has 1 amide bonds. The highest BCUT2D eigenvalue weighted by Gasteiger charge is 2.13. The normalized spacial score (nSPS) is 12.1. The van der Waals surface area contributed by atoms with Crippen molar-refractivity contribution < 1.29 is 4.79 Å². The van der Waals surface area contributed by atoms with Crippen LogP contribution in [-0.4, -0.2) is 35.9 Å². The number of tetrazole rings is 1. The Morgan fingerprint density at radius 1 is 1.35 bits per heavy atom. The van der Waals surface area contributed by atoms with E-state index >= 15 is 0 Å². The third kappa shape index (κ3) is 3.10. The molecule has 0 saturated carbocycles. The highest BCUT2D eigenvalue weighted by Crippen LogP contribution is 2.18. The minimum Gasteiger partial charge on any atom is -0.307 e. The van der Waals surface area contributed by atoms with E-state index in [1.54, 1.807) is 30.5 Å². The molecule has 8 heteroatoms. The summed E-state index contributed by atoms with van der Waals surface area (Å²) in [6.07, 6.45) is 4.09. The monoisotopic (exact) mass is 311 g/mol. The Kier molecular flexibility index (Phi) is 4.13. The Hall–Kier alpha value is -3.03. The molecule has 8 nitrogen and oxygen atoms in total. The summed E-state index contributed by atoms with van der Waals surface area (Å²) in [6, 6.07) is 9.10. The van der Waals surface area contributed by atoms with Crippen LogP contribution in [0.3, 0.4) is 0 Å². The van der Waals surface area contributed by atoms with Crippen molar-refractivity contribution in [1.29, 1.82) is 0 Å². The number of carbonyl (C=O) groups excluding carboxylic acids is 1. The molecule has 0 bridgehead atoms. The fraction of sp³-hybridized carbons (Fsp3) is 0.267. The number of amides is 1. The molecular formula is C15H17N7O. The van der Waals surface area contributed by atoms with Crippen LogP contribution < -0.4 is 5.32 Å². The topological polar surface area (TPSA) is 90.5 Å². The van der Waals surface area contributed by atoms with Gasteiger partial charge in [0.25, 0.3) is 5.91 Å². The molecule has 0 aliphatic carbocycles. The Labute approximate surface area is 133 Å². The van der Waals surface area contributed by atoms with Crippen molar-refractivity contribution in [3.63, 3.8) is 0 Å². The van der Waals surface area contributed by atoms with Crippen LogP contribution in [0.4, 0.5) is 5.82 Å². The van der Waals surface area contributed by atoms with Gasteiger partial charge in [0, 0.05) is 11.6 Å². The molecule has 0 aliphatic heterocycles. The summed E-state index contributed by atoms with van der Waals surface area (Å²) in [7, 11) is 0. The van der Waals surface area contributed by atoms with Gasteiger partial charge in [-0.25, -0.2) is 9.36 Å². The molecule has 1 N–H and O–H groups in total. The second-order valence-electron chi connectivity index (χ2n) is 5.18. The van der Waals surface area contributed by atoms with Crippen LogP contribution in [0.5, 0.6) is 0 Å². The fourth-order valence-electron chi connectivity index (χ4n) is 2.20. The zero-order valence-corrected chi connectivity index (χ0v) is 12.9. The van der Waals surface area contributed by atoms with E-state index in [4.69, 9.17) is 0 Å². The van der Waals surface area contributed by atoms with Gasteiger partial charge in [0.15, 0.2) is 0 Å². The molecule has 0 radical (unpaired) electrons. The van der Waals surface area contributed by atoms with Gasteiger partial charge in [-0.15, -0.1) is 5.10 Å². The lowest BCUT2D eigenvalue weighted by atomic mass is 10.2. The quantitative estimate of drug-likeness (QED) is 0.779. The maximum Gasteiger partial charge on any atom is 0.256 e. The van der Waals surface area contributed by atoms with Crippen LogP contribution in [0.15, 0.2) is 42.9 Å². The molecule has 0 fully saturated rings. The standard InChI is InChI=1S/C15H17N7O/c1-3-11(2)22-14(7-8-17-22)18-15(23)12-5-4-6-13(9-12)21-10-16-19-20-21/h4-11H,3H2,1-2H3,(H,18,23). The highest BCUT2D eigenvalue weighted by atomic mass is 16.1. The summed E-state index contributed by atoms with van der Waals surface area (Å²) in [6.45, 7) is 4.13. The van der Waals surface area contributed by atoms with Gasteiger partial charge < -0.3 is 5.32 Å². The molecule has 3 aromatic rings. The van der Waals surface area contributed by atoms with Gasteiger partial charge in [-0.2, -0.15) is 5.10 Å². The number of nitrogens with one attached hydrogen (secondary N) is 1. The van der Waals surface area contributed by atoms with Crippen LogP contribution in [0.2, 0.25) is 0 Å². The van der Waals surface area contributed by atoms with Crippen molar-refractivity contribution in [1.82, 2.24) is 30.0 Å². The fourth-order valence-corrected chi connectivity index (χ4v) is 2.20. The first kappa shape index (κ1) is 14.9. The summed E-state index contributed by atoms with van der Waals surface area (Å²) >= 11 is 0. The first-order valence-corrected chi connectivity index (χ1v) is 7.37. The van der Waals surface area contributed by atoms with Gasteiger partial charge in [-0.05, 0) is 42.0 Å².